The van der Waals surface area contributed by atoms with Crippen LogP contribution < -0.4 is 0 Å². The summed E-state index contributed by atoms with van der Waals surface area (Å²) in [5, 5.41) is 0. The molecule has 0 aromatic carbocycles. The summed E-state index contributed by atoms with van der Waals surface area (Å²) in [6, 6.07) is 0. The van der Waals surface area contributed by atoms with E-state index in [4.69, 9.17) is 0 Å². The van der Waals surface area contributed by atoms with Gasteiger partial charge in [0.05, 0.1) is 0 Å². The lowest BCUT2D eigenvalue weighted by Gasteiger charge is -2.12. The first kappa shape index (κ1) is 11.4. The minimum absolute atomic E-state index is 0.677. The minimum atomic E-state index is -0.982. The Kier molecular flexibility index (Phi) is 5.69. The quantitative estimate of drug-likeness (QED) is 0.528. The standard InChI is InChI=1S/C11H19F/c1-5-7-9(3)11(12)10(4)8-6-2/h11H,3-8H2,1-2H3. The smallest absolute Gasteiger partial charge is 0.142 e. The largest absolute Gasteiger partial charge is 0.238 e. The van der Waals surface area contributed by atoms with E-state index in [9.17, 15) is 4.39 Å². The summed E-state index contributed by atoms with van der Waals surface area (Å²) >= 11 is 0. The molecule has 12 heavy (non-hydrogen) atoms. The van der Waals surface area contributed by atoms with Crippen LogP contribution in [-0.2, 0) is 0 Å². The van der Waals surface area contributed by atoms with Crippen LogP contribution in [0.15, 0.2) is 24.3 Å². The highest BCUT2D eigenvalue weighted by Gasteiger charge is 2.12. The van der Waals surface area contributed by atoms with E-state index in [0.29, 0.717) is 11.1 Å². The van der Waals surface area contributed by atoms with Gasteiger partial charge in [-0.1, -0.05) is 39.8 Å². The SMILES string of the molecule is C=C(CCC)C(F)C(=C)CCC. The van der Waals surface area contributed by atoms with Crippen LogP contribution in [0.1, 0.15) is 39.5 Å². The molecule has 0 aliphatic rings. The van der Waals surface area contributed by atoms with Crippen LogP contribution in [0.25, 0.3) is 0 Å². The Hall–Kier alpha value is -0.590. The minimum Gasteiger partial charge on any atom is -0.238 e. The van der Waals surface area contributed by atoms with Crippen LogP contribution in [0.2, 0.25) is 0 Å². The van der Waals surface area contributed by atoms with Crippen molar-refractivity contribution in [3.63, 3.8) is 0 Å². The van der Waals surface area contributed by atoms with Crippen molar-refractivity contribution in [2.24, 2.45) is 0 Å². The summed E-state index contributed by atoms with van der Waals surface area (Å²) in [6.45, 7) is 11.5. The fourth-order valence-corrected chi connectivity index (χ4v) is 1.18. The third-order valence-corrected chi connectivity index (χ3v) is 1.86. The van der Waals surface area contributed by atoms with Gasteiger partial charge in [-0.3, -0.25) is 0 Å². The molecule has 0 aromatic rings. The molecule has 70 valence electrons. The zero-order chi connectivity index (χ0) is 9.56. The molecule has 0 rings (SSSR count). The van der Waals surface area contributed by atoms with E-state index in [2.05, 4.69) is 13.2 Å². The van der Waals surface area contributed by atoms with Gasteiger partial charge in [-0.2, -0.15) is 0 Å². The highest BCUT2D eigenvalue weighted by Crippen LogP contribution is 2.20. The summed E-state index contributed by atoms with van der Waals surface area (Å²) in [6.07, 6.45) is 2.47. The fraction of sp³-hybridized carbons (Fsp3) is 0.636. The van der Waals surface area contributed by atoms with Gasteiger partial charge in [0.15, 0.2) is 0 Å². The molecule has 0 heterocycles. The zero-order valence-electron chi connectivity index (χ0n) is 8.20. The molecule has 0 radical (unpaired) electrons. The molecule has 1 heteroatoms. The molecule has 0 aliphatic heterocycles. The molecule has 0 saturated heterocycles. The Labute approximate surface area is 75.2 Å². The number of hydrogen-bond donors (Lipinski definition) is 0. The highest BCUT2D eigenvalue weighted by atomic mass is 19.1. The lowest BCUT2D eigenvalue weighted by molar-refractivity contribution is 0.412. The second-order valence-electron chi connectivity index (χ2n) is 3.18. The van der Waals surface area contributed by atoms with E-state index in [1.54, 1.807) is 0 Å². The van der Waals surface area contributed by atoms with Gasteiger partial charge in [0.2, 0.25) is 0 Å². The van der Waals surface area contributed by atoms with Crippen molar-refractivity contribution in [3.05, 3.63) is 24.3 Å². The van der Waals surface area contributed by atoms with Crippen molar-refractivity contribution >= 4 is 0 Å². The molecule has 0 spiro atoms. The van der Waals surface area contributed by atoms with E-state index >= 15 is 0 Å². The third-order valence-electron chi connectivity index (χ3n) is 1.86. The third kappa shape index (κ3) is 3.70. The van der Waals surface area contributed by atoms with Crippen LogP contribution in [0.4, 0.5) is 4.39 Å². The van der Waals surface area contributed by atoms with Crippen molar-refractivity contribution in [1.29, 1.82) is 0 Å². The van der Waals surface area contributed by atoms with Crippen LogP contribution in [-0.4, -0.2) is 6.17 Å². The first-order valence-corrected chi connectivity index (χ1v) is 4.62. The molecule has 0 aliphatic carbocycles. The van der Waals surface area contributed by atoms with Gasteiger partial charge in [0.1, 0.15) is 6.17 Å². The zero-order valence-corrected chi connectivity index (χ0v) is 8.20. The van der Waals surface area contributed by atoms with E-state index in [0.717, 1.165) is 25.7 Å². The van der Waals surface area contributed by atoms with Crippen molar-refractivity contribution in [1.82, 2.24) is 0 Å². The van der Waals surface area contributed by atoms with Gasteiger partial charge in [0, 0.05) is 0 Å². The average molecular weight is 170 g/mol. The fourth-order valence-electron chi connectivity index (χ4n) is 1.18. The molecule has 0 unspecified atom stereocenters. The molecule has 0 fully saturated rings. The molecule has 0 saturated carbocycles. The Morgan fingerprint density at radius 1 is 1.08 bits per heavy atom. The second-order valence-corrected chi connectivity index (χ2v) is 3.18. The van der Waals surface area contributed by atoms with Crippen molar-refractivity contribution in [3.8, 4) is 0 Å². The van der Waals surface area contributed by atoms with E-state index in [-0.39, 0.29) is 0 Å². The van der Waals surface area contributed by atoms with Gasteiger partial charge >= 0.3 is 0 Å². The van der Waals surface area contributed by atoms with Gasteiger partial charge in [0.25, 0.3) is 0 Å². The number of halogens is 1. The first-order valence-electron chi connectivity index (χ1n) is 4.62. The van der Waals surface area contributed by atoms with Crippen LogP contribution in [0.3, 0.4) is 0 Å². The number of hydrogen-bond acceptors (Lipinski definition) is 0. The molecular formula is C11H19F. The Morgan fingerprint density at radius 2 is 1.42 bits per heavy atom. The monoisotopic (exact) mass is 170 g/mol. The molecule has 0 bridgehead atoms. The average Bonchev–Trinajstić information content (AvgIpc) is 2.04. The maximum Gasteiger partial charge on any atom is 0.142 e. The predicted molar refractivity (Wildman–Crippen MR) is 53.0 cm³/mol. The van der Waals surface area contributed by atoms with Crippen molar-refractivity contribution in [2.45, 2.75) is 45.7 Å². The highest BCUT2D eigenvalue weighted by molar-refractivity contribution is 5.18. The first-order chi connectivity index (χ1) is 5.63. The number of rotatable bonds is 6. The molecule has 0 N–H and O–H groups in total. The lowest BCUT2D eigenvalue weighted by Crippen LogP contribution is -2.06. The van der Waals surface area contributed by atoms with Crippen molar-refractivity contribution in [2.75, 3.05) is 0 Å². The Bertz CT molecular complexity index is 140. The Morgan fingerprint density at radius 3 is 1.67 bits per heavy atom. The summed E-state index contributed by atoms with van der Waals surface area (Å²) in [5.74, 6) is 0. The van der Waals surface area contributed by atoms with Gasteiger partial charge in [-0.25, -0.2) is 4.39 Å². The topological polar surface area (TPSA) is 0 Å². The Balaban J connectivity index is 3.91. The summed E-state index contributed by atoms with van der Waals surface area (Å²) < 4.78 is 13.4. The summed E-state index contributed by atoms with van der Waals surface area (Å²) in [4.78, 5) is 0. The summed E-state index contributed by atoms with van der Waals surface area (Å²) in [7, 11) is 0. The molecule has 0 atom stereocenters. The predicted octanol–water partition coefficient (Wildman–Crippen LogP) is 4.04. The second kappa shape index (κ2) is 5.99. The van der Waals surface area contributed by atoms with E-state index in [1.807, 2.05) is 13.8 Å². The van der Waals surface area contributed by atoms with E-state index < -0.39 is 6.17 Å². The van der Waals surface area contributed by atoms with Crippen LogP contribution in [0.5, 0.6) is 0 Å². The maximum atomic E-state index is 13.4. The van der Waals surface area contributed by atoms with Crippen molar-refractivity contribution < 1.29 is 4.39 Å². The molecule has 0 nitrogen and oxygen atoms in total. The van der Waals surface area contributed by atoms with Gasteiger partial charge < -0.3 is 0 Å². The normalized spacial score (nSPS) is 10.3. The van der Waals surface area contributed by atoms with Crippen LogP contribution >= 0.6 is 0 Å². The lowest BCUT2D eigenvalue weighted by atomic mass is 9.99. The number of allylic oxidation sites excluding steroid dienone is 2. The van der Waals surface area contributed by atoms with E-state index in [1.165, 1.54) is 0 Å². The maximum absolute atomic E-state index is 13.4. The van der Waals surface area contributed by atoms with Crippen LogP contribution in [0, 0.1) is 0 Å². The molecular weight excluding hydrogens is 151 g/mol. The van der Waals surface area contributed by atoms with Gasteiger partial charge in [-0.05, 0) is 24.0 Å². The molecule has 0 aromatic heterocycles. The van der Waals surface area contributed by atoms with Gasteiger partial charge in [-0.15, -0.1) is 0 Å². The summed E-state index contributed by atoms with van der Waals surface area (Å²) in [5.41, 5.74) is 1.35. The molecule has 0 amide bonds. The number of alkyl halides is 1.